The molecule has 0 atom stereocenters. The highest BCUT2D eigenvalue weighted by molar-refractivity contribution is 7.89. The number of hydrogen-bond donors (Lipinski definition) is 1. The first-order valence-electron chi connectivity index (χ1n) is 9.24. The third kappa shape index (κ3) is 4.94. The van der Waals surface area contributed by atoms with Gasteiger partial charge in [-0.25, -0.2) is 13.4 Å². The number of hydrogen-bond acceptors (Lipinski definition) is 5. The van der Waals surface area contributed by atoms with Crippen molar-refractivity contribution in [3.63, 3.8) is 0 Å². The van der Waals surface area contributed by atoms with Crippen molar-refractivity contribution in [1.29, 1.82) is 0 Å². The van der Waals surface area contributed by atoms with Crippen LogP contribution in [0.5, 0.6) is 0 Å². The van der Waals surface area contributed by atoms with Crippen LogP contribution in [0.1, 0.15) is 37.4 Å². The molecule has 1 aromatic heterocycles. The lowest BCUT2D eigenvalue weighted by atomic mass is 9.97. The maximum absolute atomic E-state index is 12.8. The molecule has 1 amide bonds. The van der Waals surface area contributed by atoms with Crippen LogP contribution in [0.3, 0.4) is 0 Å². The van der Waals surface area contributed by atoms with E-state index in [9.17, 15) is 13.2 Å². The topological polar surface area (TPSA) is 79.4 Å². The van der Waals surface area contributed by atoms with Crippen molar-refractivity contribution in [3.05, 3.63) is 46.4 Å². The van der Waals surface area contributed by atoms with E-state index < -0.39 is 10.0 Å². The molecule has 1 aromatic carbocycles. The van der Waals surface area contributed by atoms with Crippen molar-refractivity contribution >= 4 is 27.3 Å². The standard InChI is InChI=1S/C19H25N3O3S2/c1-2-3-15-4-6-18(7-5-15)27(24,25)22-10-8-16(9-11-22)19(23)20-12-17-13-26-14-21-17/h4-7,13-14,16H,2-3,8-12H2,1H3,(H,20,23). The molecule has 0 aliphatic carbocycles. The van der Waals surface area contributed by atoms with Gasteiger partial charge in [-0.15, -0.1) is 11.3 Å². The minimum atomic E-state index is -3.50. The lowest BCUT2D eigenvalue weighted by molar-refractivity contribution is -0.126. The van der Waals surface area contributed by atoms with Crippen LogP contribution in [0.4, 0.5) is 0 Å². The summed E-state index contributed by atoms with van der Waals surface area (Å²) >= 11 is 1.50. The predicted molar refractivity (Wildman–Crippen MR) is 106 cm³/mol. The number of aromatic nitrogens is 1. The van der Waals surface area contributed by atoms with E-state index in [1.165, 1.54) is 15.6 Å². The smallest absolute Gasteiger partial charge is 0.243 e. The van der Waals surface area contributed by atoms with Crippen LogP contribution in [-0.2, 0) is 27.8 Å². The monoisotopic (exact) mass is 407 g/mol. The lowest BCUT2D eigenvalue weighted by Gasteiger charge is -2.30. The Labute approximate surface area is 164 Å². The van der Waals surface area contributed by atoms with Crippen molar-refractivity contribution in [1.82, 2.24) is 14.6 Å². The van der Waals surface area contributed by atoms with Crippen LogP contribution in [-0.4, -0.2) is 36.7 Å². The van der Waals surface area contributed by atoms with Crippen LogP contribution in [0, 0.1) is 5.92 Å². The van der Waals surface area contributed by atoms with Gasteiger partial charge >= 0.3 is 0 Å². The van der Waals surface area contributed by atoms with Crippen LogP contribution in [0.2, 0.25) is 0 Å². The van der Waals surface area contributed by atoms with Crippen LogP contribution < -0.4 is 5.32 Å². The van der Waals surface area contributed by atoms with E-state index in [0.717, 1.165) is 24.1 Å². The number of rotatable bonds is 7. The molecule has 0 saturated carbocycles. The maximum atomic E-state index is 12.8. The quantitative estimate of drug-likeness (QED) is 0.765. The van der Waals surface area contributed by atoms with Gasteiger partial charge in [0.15, 0.2) is 0 Å². The molecule has 3 rings (SSSR count). The lowest BCUT2D eigenvalue weighted by Crippen LogP contribution is -2.42. The number of nitrogens with zero attached hydrogens (tertiary/aromatic N) is 2. The highest BCUT2D eigenvalue weighted by Gasteiger charge is 2.32. The van der Waals surface area contributed by atoms with Gasteiger partial charge in [-0.2, -0.15) is 4.31 Å². The molecule has 1 saturated heterocycles. The van der Waals surface area contributed by atoms with Gasteiger partial charge in [0.1, 0.15) is 0 Å². The average molecular weight is 408 g/mol. The molecule has 1 aliphatic rings. The number of sulfonamides is 1. The summed E-state index contributed by atoms with van der Waals surface area (Å²) in [6, 6.07) is 7.14. The fraction of sp³-hybridized carbons (Fsp3) is 0.474. The molecule has 2 aromatic rings. The number of piperidine rings is 1. The van der Waals surface area contributed by atoms with E-state index in [-0.39, 0.29) is 11.8 Å². The molecule has 146 valence electrons. The highest BCUT2D eigenvalue weighted by Crippen LogP contribution is 2.24. The summed E-state index contributed by atoms with van der Waals surface area (Å²) in [5, 5.41) is 4.80. The average Bonchev–Trinajstić information content (AvgIpc) is 3.20. The van der Waals surface area contributed by atoms with E-state index in [4.69, 9.17) is 0 Å². The maximum Gasteiger partial charge on any atom is 0.243 e. The minimum absolute atomic E-state index is 0.0241. The van der Waals surface area contributed by atoms with Gasteiger partial charge < -0.3 is 5.32 Å². The molecule has 8 heteroatoms. The van der Waals surface area contributed by atoms with Crippen LogP contribution in [0.25, 0.3) is 0 Å². The molecule has 27 heavy (non-hydrogen) atoms. The van der Waals surface area contributed by atoms with Crippen molar-refractivity contribution in [2.24, 2.45) is 5.92 Å². The number of carbonyl (C=O) groups is 1. The first-order chi connectivity index (χ1) is 13.0. The second-order valence-corrected chi connectivity index (χ2v) is 9.43. The zero-order chi connectivity index (χ0) is 19.3. The molecule has 1 N–H and O–H groups in total. The Hall–Kier alpha value is -1.77. The third-order valence-electron chi connectivity index (χ3n) is 4.85. The molecular weight excluding hydrogens is 382 g/mol. The second-order valence-electron chi connectivity index (χ2n) is 6.77. The largest absolute Gasteiger partial charge is 0.350 e. The summed E-state index contributed by atoms with van der Waals surface area (Å²) < 4.78 is 27.2. The molecule has 0 bridgehead atoms. The Morgan fingerprint density at radius 2 is 1.96 bits per heavy atom. The molecule has 2 heterocycles. The van der Waals surface area contributed by atoms with Gasteiger partial charge in [0, 0.05) is 24.4 Å². The van der Waals surface area contributed by atoms with E-state index in [1.807, 2.05) is 17.5 Å². The summed E-state index contributed by atoms with van der Waals surface area (Å²) in [6.45, 7) is 3.26. The van der Waals surface area contributed by atoms with Gasteiger partial charge in [0.25, 0.3) is 0 Å². The Morgan fingerprint density at radius 1 is 1.26 bits per heavy atom. The second kappa shape index (κ2) is 8.95. The number of carbonyl (C=O) groups excluding carboxylic acids is 1. The van der Waals surface area contributed by atoms with E-state index in [0.29, 0.717) is 37.4 Å². The van der Waals surface area contributed by atoms with Crippen molar-refractivity contribution in [3.8, 4) is 0 Å². The van der Waals surface area contributed by atoms with Gasteiger partial charge in [0.2, 0.25) is 15.9 Å². The number of aryl methyl sites for hydroxylation is 1. The SMILES string of the molecule is CCCc1ccc(S(=O)(=O)N2CCC(C(=O)NCc3cscn3)CC2)cc1. The molecule has 1 fully saturated rings. The molecule has 1 aliphatic heterocycles. The number of thiazole rings is 1. The van der Waals surface area contributed by atoms with Crippen molar-refractivity contribution < 1.29 is 13.2 Å². The molecular formula is C19H25N3O3S2. The Balaban J connectivity index is 1.55. The van der Waals surface area contributed by atoms with Gasteiger partial charge in [-0.05, 0) is 37.0 Å². The van der Waals surface area contributed by atoms with E-state index in [2.05, 4.69) is 17.2 Å². The van der Waals surface area contributed by atoms with Gasteiger partial charge in [-0.3, -0.25) is 4.79 Å². The zero-order valence-electron chi connectivity index (χ0n) is 15.4. The van der Waals surface area contributed by atoms with E-state index >= 15 is 0 Å². The Bertz CT molecular complexity index is 841. The Kier molecular flexibility index (Phi) is 6.62. The number of amides is 1. The van der Waals surface area contributed by atoms with Gasteiger partial charge in [0.05, 0.1) is 22.6 Å². The molecule has 0 spiro atoms. The van der Waals surface area contributed by atoms with Crippen molar-refractivity contribution in [2.75, 3.05) is 13.1 Å². The first kappa shape index (κ1) is 20.0. The fourth-order valence-electron chi connectivity index (χ4n) is 3.27. The number of benzene rings is 1. The Morgan fingerprint density at radius 3 is 2.56 bits per heavy atom. The van der Waals surface area contributed by atoms with Crippen LogP contribution >= 0.6 is 11.3 Å². The summed E-state index contributed by atoms with van der Waals surface area (Å²) in [6.07, 6.45) is 3.05. The normalized spacial score (nSPS) is 16.3. The molecule has 6 nitrogen and oxygen atoms in total. The minimum Gasteiger partial charge on any atom is -0.350 e. The third-order valence-corrected chi connectivity index (χ3v) is 7.40. The highest BCUT2D eigenvalue weighted by atomic mass is 32.2. The van der Waals surface area contributed by atoms with Crippen LogP contribution in [0.15, 0.2) is 40.1 Å². The molecule has 0 radical (unpaired) electrons. The summed E-state index contributed by atoms with van der Waals surface area (Å²) in [7, 11) is -3.50. The summed E-state index contributed by atoms with van der Waals surface area (Å²) in [4.78, 5) is 16.8. The summed E-state index contributed by atoms with van der Waals surface area (Å²) in [5.74, 6) is -0.175. The first-order valence-corrected chi connectivity index (χ1v) is 11.6. The van der Waals surface area contributed by atoms with Crippen molar-refractivity contribution in [2.45, 2.75) is 44.0 Å². The number of nitrogens with one attached hydrogen (secondary N) is 1. The predicted octanol–water partition coefficient (Wildman–Crippen LogP) is 2.81. The fourth-order valence-corrected chi connectivity index (χ4v) is 5.30. The zero-order valence-corrected chi connectivity index (χ0v) is 17.1. The van der Waals surface area contributed by atoms with Gasteiger partial charge in [-0.1, -0.05) is 25.5 Å². The van der Waals surface area contributed by atoms with E-state index in [1.54, 1.807) is 17.6 Å². The summed E-state index contributed by atoms with van der Waals surface area (Å²) in [5.41, 5.74) is 3.73. The molecule has 0 unspecified atom stereocenters.